The molecule has 1 aliphatic rings. The Morgan fingerprint density at radius 2 is 1.71 bits per heavy atom. The number of halogens is 3. The number of aromatic nitrogens is 4. The number of aryl methyl sites for hydroxylation is 2. The molecule has 31 heavy (non-hydrogen) atoms. The van der Waals surface area contributed by atoms with Crippen LogP contribution in [0.15, 0.2) is 30.3 Å². The van der Waals surface area contributed by atoms with Crippen LogP contribution in [0.2, 0.25) is 0 Å². The number of amides is 1. The van der Waals surface area contributed by atoms with E-state index in [1.54, 1.807) is 13.8 Å². The van der Waals surface area contributed by atoms with E-state index in [-0.39, 0.29) is 18.1 Å². The van der Waals surface area contributed by atoms with E-state index in [9.17, 15) is 18.0 Å². The van der Waals surface area contributed by atoms with Crippen LogP contribution in [0.3, 0.4) is 0 Å². The van der Waals surface area contributed by atoms with Crippen LogP contribution in [0, 0.1) is 13.8 Å². The Bertz CT molecular complexity index is 1090. The van der Waals surface area contributed by atoms with Crippen LogP contribution >= 0.6 is 0 Å². The van der Waals surface area contributed by atoms with Crippen molar-refractivity contribution in [1.82, 2.24) is 24.5 Å². The van der Waals surface area contributed by atoms with Crippen molar-refractivity contribution in [1.29, 1.82) is 0 Å². The molecule has 0 saturated carbocycles. The van der Waals surface area contributed by atoms with Crippen LogP contribution in [-0.4, -0.2) is 56.6 Å². The summed E-state index contributed by atoms with van der Waals surface area (Å²) in [6, 6.07) is 10.1. The molecule has 2 aromatic heterocycles. The van der Waals surface area contributed by atoms with E-state index in [1.165, 1.54) is 0 Å². The van der Waals surface area contributed by atoms with Gasteiger partial charge in [0, 0.05) is 49.7 Å². The summed E-state index contributed by atoms with van der Waals surface area (Å²) in [7, 11) is 0. The second-order valence-corrected chi connectivity index (χ2v) is 7.61. The molecule has 164 valence electrons. The Kier molecular flexibility index (Phi) is 5.55. The number of carbonyl (C=O) groups is 1. The fourth-order valence-corrected chi connectivity index (χ4v) is 3.93. The van der Waals surface area contributed by atoms with Gasteiger partial charge in [-0.1, -0.05) is 18.2 Å². The van der Waals surface area contributed by atoms with Crippen LogP contribution in [0.25, 0.3) is 5.78 Å². The number of fused-ring (bicyclic) bond motifs is 1. The van der Waals surface area contributed by atoms with E-state index in [0.29, 0.717) is 30.9 Å². The summed E-state index contributed by atoms with van der Waals surface area (Å²) in [4.78, 5) is 24.5. The average molecular weight is 432 g/mol. The van der Waals surface area contributed by atoms with Gasteiger partial charge in [0.2, 0.25) is 5.91 Å². The van der Waals surface area contributed by atoms with Crippen molar-refractivity contribution in [3.05, 3.63) is 53.1 Å². The number of alkyl halides is 3. The quantitative estimate of drug-likeness (QED) is 0.634. The molecule has 0 unspecified atom stereocenters. The third-order valence-electron chi connectivity index (χ3n) is 5.65. The van der Waals surface area contributed by atoms with Crippen molar-refractivity contribution in [3.63, 3.8) is 0 Å². The van der Waals surface area contributed by atoms with Crippen LogP contribution in [0.4, 0.5) is 18.9 Å². The molecule has 3 aromatic rings. The van der Waals surface area contributed by atoms with Crippen molar-refractivity contribution in [2.24, 2.45) is 0 Å². The number of para-hydroxylation sites is 1. The van der Waals surface area contributed by atoms with Gasteiger partial charge in [-0.2, -0.15) is 18.2 Å². The first-order chi connectivity index (χ1) is 14.7. The minimum Gasteiger partial charge on any atom is -0.368 e. The van der Waals surface area contributed by atoms with Gasteiger partial charge in [-0.3, -0.25) is 4.79 Å². The molecule has 0 radical (unpaired) electrons. The number of hydrogen-bond acceptors (Lipinski definition) is 5. The standard InChI is InChI=1S/C21H23F3N6O/c1-14-17(15(2)30-20(25-14)26-19(27-30)21(22,23)24)8-9-18(31)29-12-10-28(11-13-29)16-6-4-3-5-7-16/h3-7H,8-13H2,1-2H3. The van der Waals surface area contributed by atoms with Crippen LogP contribution in [0.1, 0.15) is 29.2 Å². The third-order valence-corrected chi connectivity index (χ3v) is 5.65. The van der Waals surface area contributed by atoms with Gasteiger partial charge in [-0.25, -0.2) is 9.50 Å². The normalized spacial score (nSPS) is 15.0. The zero-order chi connectivity index (χ0) is 22.2. The zero-order valence-corrected chi connectivity index (χ0v) is 17.4. The van der Waals surface area contributed by atoms with E-state index in [1.807, 2.05) is 23.1 Å². The zero-order valence-electron chi connectivity index (χ0n) is 17.4. The molecule has 3 heterocycles. The highest BCUT2D eigenvalue weighted by atomic mass is 19.4. The molecule has 1 saturated heterocycles. The summed E-state index contributed by atoms with van der Waals surface area (Å²) in [5, 5.41) is 3.56. The summed E-state index contributed by atoms with van der Waals surface area (Å²) in [5.74, 6) is -1.28. The first kappa shape index (κ1) is 21.1. The third kappa shape index (κ3) is 4.33. The number of anilines is 1. The maximum atomic E-state index is 12.9. The van der Waals surface area contributed by atoms with Crippen LogP contribution in [0.5, 0.6) is 0 Å². The predicted molar refractivity (Wildman–Crippen MR) is 109 cm³/mol. The summed E-state index contributed by atoms with van der Waals surface area (Å²) in [6.45, 7) is 6.20. The number of rotatable bonds is 4. The van der Waals surface area contributed by atoms with Crippen molar-refractivity contribution in [2.75, 3.05) is 31.1 Å². The average Bonchev–Trinajstić information content (AvgIpc) is 3.19. The lowest BCUT2D eigenvalue weighted by Gasteiger charge is -2.36. The Labute approximate surface area is 177 Å². The minimum atomic E-state index is -4.63. The summed E-state index contributed by atoms with van der Waals surface area (Å²) in [5.41, 5.74) is 2.95. The number of carbonyl (C=O) groups excluding carboxylic acids is 1. The molecule has 0 atom stereocenters. The number of nitrogens with zero attached hydrogens (tertiary/aromatic N) is 6. The summed E-state index contributed by atoms with van der Waals surface area (Å²) < 4.78 is 39.9. The SMILES string of the molecule is Cc1nc2nc(C(F)(F)F)nn2c(C)c1CCC(=O)N1CCN(c2ccccc2)CC1. The van der Waals surface area contributed by atoms with E-state index in [2.05, 4.69) is 32.1 Å². The maximum absolute atomic E-state index is 12.9. The van der Waals surface area contributed by atoms with Gasteiger partial charge in [0.1, 0.15) is 0 Å². The molecule has 0 N–H and O–H groups in total. The van der Waals surface area contributed by atoms with E-state index < -0.39 is 12.0 Å². The molecule has 1 fully saturated rings. The summed E-state index contributed by atoms with van der Waals surface area (Å²) in [6.07, 6.45) is -3.98. The monoisotopic (exact) mass is 432 g/mol. The van der Waals surface area contributed by atoms with Crippen molar-refractivity contribution in [2.45, 2.75) is 32.9 Å². The van der Waals surface area contributed by atoms with Gasteiger partial charge in [-0.05, 0) is 38.0 Å². The molecule has 4 rings (SSSR count). The molecule has 0 spiro atoms. The van der Waals surface area contributed by atoms with E-state index >= 15 is 0 Å². The topological polar surface area (TPSA) is 66.6 Å². The lowest BCUT2D eigenvalue weighted by Crippen LogP contribution is -2.48. The molecule has 1 aliphatic heterocycles. The minimum absolute atomic E-state index is 0.0289. The maximum Gasteiger partial charge on any atom is 0.453 e. The van der Waals surface area contributed by atoms with Gasteiger partial charge in [0.05, 0.1) is 0 Å². The van der Waals surface area contributed by atoms with Crippen LogP contribution < -0.4 is 4.90 Å². The highest BCUT2D eigenvalue weighted by Crippen LogP contribution is 2.27. The molecular formula is C21H23F3N6O. The van der Waals surface area contributed by atoms with Crippen LogP contribution in [-0.2, 0) is 17.4 Å². The van der Waals surface area contributed by atoms with E-state index in [4.69, 9.17) is 0 Å². The van der Waals surface area contributed by atoms with Gasteiger partial charge >= 0.3 is 6.18 Å². The number of benzene rings is 1. The number of piperazine rings is 1. The first-order valence-corrected chi connectivity index (χ1v) is 10.1. The van der Waals surface area contributed by atoms with Gasteiger partial charge in [0.15, 0.2) is 0 Å². The molecule has 1 amide bonds. The smallest absolute Gasteiger partial charge is 0.368 e. The molecule has 7 nitrogen and oxygen atoms in total. The Morgan fingerprint density at radius 1 is 1.03 bits per heavy atom. The highest BCUT2D eigenvalue weighted by molar-refractivity contribution is 5.77. The van der Waals surface area contributed by atoms with Crippen molar-refractivity contribution < 1.29 is 18.0 Å². The lowest BCUT2D eigenvalue weighted by molar-refractivity contribution is -0.144. The fourth-order valence-electron chi connectivity index (χ4n) is 3.93. The molecule has 0 bridgehead atoms. The highest BCUT2D eigenvalue weighted by Gasteiger charge is 2.37. The molecular weight excluding hydrogens is 409 g/mol. The fraction of sp³-hybridized carbons (Fsp3) is 0.429. The first-order valence-electron chi connectivity index (χ1n) is 10.1. The Morgan fingerprint density at radius 3 is 2.35 bits per heavy atom. The largest absolute Gasteiger partial charge is 0.453 e. The molecule has 0 aliphatic carbocycles. The van der Waals surface area contributed by atoms with E-state index in [0.717, 1.165) is 28.9 Å². The Balaban J connectivity index is 1.41. The summed E-state index contributed by atoms with van der Waals surface area (Å²) >= 11 is 0. The van der Waals surface area contributed by atoms with Crippen molar-refractivity contribution in [3.8, 4) is 0 Å². The predicted octanol–water partition coefficient (Wildman–Crippen LogP) is 3.04. The lowest BCUT2D eigenvalue weighted by atomic mass is 10.1. The van der Waals surface area contributed by atoms with Gasteiger partial charge < -0.3 is 9.80 Å². The van der Waals surface area contributed by atoms with Gasteiger partial charge in [-0.15, -0.1) is 5.10 Å². The Hall–Kier alpha value is -3.17. The second kappa shape index (κ2) is 8.16. The van der Waals surface area contributed by atoms with Gasteiger partial charge in [0.25, 0.3) is 11.6 Å². The molecule has 10 heteroatoms. The van der Waals surface area contributed by atoms with Crippen molar-refractivity contribution >= 4 is 17.4 Å². The second-order valence-electron chi connectivity index (χ2n) is 7.61. The molecule has 1 aromatic carbocycles. The number of hydrogen-bond donors (Lipinski definition) is 0.